The third kappa shape index (κ3) is 6.35. The first-order valence-electron chi connectivity index (χ1n) is 8.71. The molecule has 1 rings (SSSR count). The fraction of sp³-hybridized carbons (Fsp3) is 0.450. The van der Waals surface area contributed by atoms with Gasteiger partial charge in [0, 0.05) is 19.0 Å². The lowest BCUT2D eigenvalue weighted by Crippen LogP contribution is -2.47. The third-order valence-electron chi connectivity index (χ3n) is 3.64. The first-order valence-corrected chi connectivity index (χ1v) is 8.71. The van der Waals surface area contributed by atoms with E-state index in [4.69, 9.17) is 4.74 Å². The molecule has 0 aliphatic heterocycles. The zero-order chi connectivity index (χ0) is 19.9. The summed E-state index contributed by atoms with van der Waals surface area (Å²) >= 11 is 0. The Hall–Kier alpha value is -2.63. The van der Waals surface area contributed by atoms with Crippen LogP contribution in [0.3, 0.4) is 0 Å². The van der Waals surface area contributed by atoms with Gasteiger partial charge in [-0.3, -0.25) is 9.59 Å². The Morgan fingerprint density at radius 3 is 2.00 bits per heavy atom. The molecule has 0 saturated carbocycles. The number of esters is 1. The van der Waals surface area contributed by atoms with Gasteiger partial charge >= 0.3 is 5.97 Å². The van der Waals surface area contributed by atoms with Gasteiger partial charge in [0.25, 0.3) is 5.91 Å². The average molecular weight is 360 g/mol. The fourth-order valence-corrected chi connectivity index (χ4v) is 2.64. The first-order chi connectivity index (χ1) is 12.1. The van der Waals surface area contributed by atoms with Gasteiger partial charge in [-0.1, -0.05) is 30.3 Å². The highest BCUT2D eigenvalue weighted by Gasteiger charge is 2.28. The summed E-state index contributed by atoms with van der Waals surface area (Å²) in [6.45, 7) is 10.5. The molecule has 26 heavy (non-hydrogen) atoms. The molecule has 0 aliphatic rings. The van der Waals surface area contributed by atoms with Crippen LogP contribution in [0, 0.1) is 0 Å². The molecule has 0 saturated heterocycles. The summed E-state index contributed by atoms with van der Waals surface area (Å²) in [6, 6.07) is 9.04. The van der Waals surface area contributed by atoms with Crippen LogP contribution in [0.5, 0.6) is 0 Å². The number of carbonyl (C=O) groups excluding carboxylic acids is 3. The van der Waals surface area contributed by atoms with E-state index < -0.39 is 18.0 Å². The van der Waals surface area contributed by atoms with E-state index >= 15 is 0 Å². The smallest absolute Gasteiger partial charge is 0.355 e. The van der Waals surface area contributed by atoms with Crippen molar-refractivity contribution >= 4 is 23.9 Å². The van der Waals surface area contributed by atoms with Crippen LogP contribution in [0.1, 0.15) is 47.1 Å². The van der Waals surface area contributed by atoms with E-state index in [1.54, 1.807) is 17.0 Å². The fourth-order valence-electron chi connectivity index (χ4n) is 2.64. The number of ether oxygens (including phenoxy) is 1. The molecule has 1 aromatic carbocycles. The van der Waals surface area contributed by atoms with E-state index in [1.807, 2.05) is 45.9 Å². The van der Waals surface area contributed by atoms with Crippen molar-refractivity contribution in [3.05, 3.63) is 41.6 Å². The number of carbonyl (C=O) groups is 3. The highest BCUT2D eigenvalue weighted by Crippen LogP contribution is 2.12. The molecule has 0 bridgehead atoms. The predicted molar refractivity (Wildman–Crippen MR) is 101 cm³/mol. The lowest BCUT2D eigenvalue weighted by molar-refractivity contribution is -0.158. The minimum atomic E-state index is -0.958. The maximum Gasteiger partial charge on any atom is 0.355 e. The number of amides is 2. The summed E-state index contributed by atoms with van der Waals surface area (Å²) in [5, 5.41) is 2.47. The van der Waals surface area contributed by atoms with Crippen molar-refractivity contribution in [3.63, 3.8) is 0 Å². The van der Waals surface area contributed by atoms with Crippen molar-refractivity contribution in [2.75, 3.05) is 0 Å². The lowest BCUT2D eigenvalue weighted by atomic mass is 10.2. The SMILES string of the molecule is CC(=O)N/C(=C\c1ccccc1)C(=O)O[C@H](C)C(=O)N(C(C)C)C(C)C. The van der Waals surface area contributed by atoms with E-state index in [9.17, 15) is 14.4 Å². The zero-order valence-electron chi connectivity index (χ0n) is 16.3. The standard InChI is InChI=1S/C20H28N2O4/c1-13(2)22(14(3)4)19(24)15(5)26-20(25)18(21-16(6)23)12-17-10-8-7-9-11-17/h7-15H,1-6H3,(H,21,23)/b18-12-/t15-/m1/s1. The second kappa shape index (κ2) is 9.75. The van der Waals surface area contributed by atoms with Gasteiger partial charge in [0.15, 0.2) is 6.10 Å². The summed E-state index contributed by atoms with van der Waals surface area (Å²) < 4.78 is 5.32. The molecule has 0 aliphatic carbocycles. The van der Waals surface area contributed by atoms with Crippen molar-refractivity contribution < 1.29 is 19.1 Å². The molecule has 0 aromatic heterocycles. The second-order valence-corrected chi connectivity index (χ2v) is 6.63. The molecule has 6 nitrogen and oxygen atoms in total. The molecule has 142 valence electrons. The molecule has 0 unspecified atom stereocenters. The molecule has 6 heteroatoms. The van der Waals surface area contributed by atoms with Crippen LogP contribution in [-0.2, 0) is 19.1 Å². The zero-order valence-corrected chi connectivity index (χ0v) is 16.3. The summed E-state index contributed by atoms with van der Waals surface area (Å²) in [7, 11) is 0. The summed E-state index contributed by atoms with van der Waals surface area (Å²) in [4.78, 5) is 38.2. The predicted octanol–water partition coefficient (Wildman–Crippen LogP) is 2.74. The van der Waals surface area contributed by atoms with Gasteiger partial charge in [0.05, 0.1) is 0 Å². The van der Waals surface area contributed by atoms with Gasteiger partial charge in [-0.2, -0.15) is 0 Å². The molecular formula is C20H28N2O4. The average Bonchev–Trinajstić information content (AvgIpc) is 2.53. The van der Waals surface area contributed by atoms with Gasteiger partial charge in [-0.05, 0) is 46.3 Å². The normalized spacial score (nSPS) is 12.7. The molecule has 0 radical (unpaired) electrons. The van der Waals surface area contributed by atoms with Crippen LogP contribution < -0.4 is 5.32 Å². The number of nitrogens with one attached hydrogen (secondary N) is 1. The minimum absolute atomic E-state index is 0.0102. The molecule has 1 atom stereocenters. The highest BCUT2D eigenvalue weighted by molar-refractivity contribution is 5.98. The Morgan fingerprint density at radius 2 is 1.54 bits per heavy atom. The molecule has 0 spiro atoms. The molecule has 2 amide bonds. The van der Waals surface area contributed by atoms with Gasteiger partial charge in [0.1, 0.15) is 5.70 Å². The monoisotopic (exact) mass is 360 g/mol. The number of hydrogen-bond acceptors (Lipinski definition) is 4. The van der Waals surface area contributed by atoms with Crippen LogP contribution in [0.25, 0.3) is 6.08 Å². The van der Waals surface area contributed by atoms with Gasteiger partial charge in [-0.15, -0.1) is 0 Å². The number of rotatable bonds is 7. The minimum Gasteiger partial charge on any atom is -0.448 e. The van der Waals surface area contributed by atoms with Crippen molar-refractivity contribution in [1.82, 2.24) is 10.2 Å². The molecule has 1 aromatic rings. The van der Waals surface area contributed by atoms with E-state index in [1.165, 1.54) is 19.9 Å². The maximum atomic E-state index is 12.6. The Bertz CT molecular complexity index is 658. The quantitative estimate of drug-likeness (QED) is 0.599. The summed E-state index contributed by atoms with van der Waals surface area (Å²) in [5.74, 6) is -1.42. The molecule has 0 fully saturated rings. The van der Waals surface area contributed by atoms with Gasteiger partial charge in [0.2, 0.25) is 5.91 Å². The van der Waals surface area contributed by atoms with Crippen molar-refractivity contribution in [2.24, 2.45) is 0 Å². The number of nitrogens with zero attached hydrogens (tertiary/aromatic N) is 1. The van der Waals surface area contributed by atoms with Crippen molar-refractivity contribution in [1.29, 1.82) is 0 Å². The van der Waals surface area contributed by atoms with E-state index in [-0.39, 0.29) is 23.7 Å². The van der Waals surface area contributed by atoms with E-state index in [0.29, 0.717) is 0 Å². The van der Waals surface area contributed by atoms with Crippen molar-refractivity contribution in [2.45, 2.75) is 59.7 Å². The van der Waals surface area contributed by atoms with Gasteiger partial charge < -0.3 is 15.0 Å². The third-order valence-corrected chi connectivity index (χ3v) is 3.64. The van der Waals surface area contributed by atoms with E-state index in [0.717, 1.165) is 5.56 Å². The van der Waals surface area contributed by atoms with Crippen LogP contribution >= 0.6 is 0 Å². The van der Waals surface area contributed by atoms with Crippen LogP contribution in [-0.4, -0.2) is 40.9 Å². The number of benzene rings is 1. The Labute approximate surface area is 155 Å². The Kier molecular flexibility index (Phi) is 8.03. The molecule has 1 N–H and O–H groups in total. The molecular weight excluding hydrogens is 332 g/mol. The topological polar surface area (TPSA) is 75.7 Å². The maximum absolute atomic E-state index is 12.6. The van der Waals surface area contributed by atoms with Crippen LogP contribution in [0.4, 0.5) is 0 Å². The first kappa shape index (κ1) is 21.4. The number of hydrogen-bond donors (Lipinski definition) is 1. The van der Waals surface area contributed by atoms with Crippen molar-refractivity contribution in [3.8, 4) is 0 Å². The van der Waals surface area contributed by atoms with Crippen LogP contribution in [0.15, 0.2) is 36.0 Å². The largest absolute Gasteiger partial charge is 0.448 e. The molecule has 0 heterocycles. The second-order valence-electron chi connectivity index (χ2n) is 6.63. The Morgan fingerprint density at radius 1 is 1.00 bits per heavy atom. The highest BCUT2D eigenvalue weighted by atomic mass is 16.5. The van der Waals surface area contributed by atoms with Crippen LogP contribution in [0.2, 0.25) is 0 Å². The van der Waals surface area contributed by atoms with Gasteiger partial charge in [-0.25, -0.2) is 4.79 Å². The summed E-state index contributed by atoms with van der Waals surface area (Å²) in [6.07, 6.45) is 0.559. The summed E-state index contributed by atoms with van der Waals surface area (Å²) in [5.41, 5.74) is 0.724. The van der Waals surface area contributed by atoms with E-state index in [2.05, 4.69) is 5.32 Å². The Balaban J connectivity index is 2.97. The lowest BCUT2D eigenvalue weighted by Gasteiger charge is -2.32.